The number of nitrogens with one attached hydrogen (secondary N) is 2. The molecule has 0 spiro atoms. The van der Waals surface area contributed by atoms with Gasteiger partial charge in [0, 0.05) is 19.8 Å². The van der Waals surface area contributed by atoms with E-state index in [1.807, 2.05) is 0 Å². The van der Waals surface area contributed by atoms with Crippen LogP contribution in [-0.4, -0.2) is 215 Å². The van der Waals surface area contributed by atoms with Gasteiger partial charge in [-0.05, 0) is 38.5 Å². The maximum absolute atomic E-state index is 13.5. The van der Waals surface area contributed by atoms with Crippen LogP contribution < -0.4 is 10.6 Å². The lowest BCUT2D eigenvalue weighted by Gasteiger charge is -2.50. The molecule has 23 nitrogen and oxygen atoms in total. The first-order valence-corrected chi connectivity index (χ1v) is 35.7. The zero-order chi connectivity index (χ0) is 67.5. The highest BCUT2D eigenvalue weighted by atomic mass is 16.8. The minimum absolute atomic E-state index is 0.210. The van der Waals surface area contributed by atoms with Gasteiger partial charge in [0.1, 0.15) is 67.1 Å². The second kappa shape index (κ2) is 49.7. The zero-order valence-corrected chi connectivity index (χ0v) is 56.2. The van der Waals surface area contributed by atoms with E-state index in [2.05, 4.69) is 48.8 Å². The number of amides is 2. The van der Waals surface area contributed by atoms with Crippen molar-refractivity contribution in [3.8, 4) is 0 Å². The van der Waals surface area contributed by atoms with Gasteiger partial charge in [0.05, 0.1) is 50.7 Å². The molecule has 18 unspecified atom stereocenters. The summed E-state index contributed by atoms with van der Waals surface area (Å²) in [4.78, 5) is 38.6. The highest BCUT2D eigenvalue weighted by Gasteiger charge is 2.60. The first kappa shape index (κ1) is 83.4. The molecule has 0 aromatic carbocycles. The SMILES string of the molecule is CCCCC/C=C\C=C/CCCCCCCCC(=O)NC(COC1OC(CO)C(OC2OC(CO)C(O)C(OC3(C(=O)O)CC(O)C(NC(C)=O)C(C(O)C(O)CO)O3)C2O)C(O)C1O)C(O)CCCCCCCCCCCCCCCCCCCCCCCCC. The topological polar surface area (TPSA) is 373 Å². The van der Waals surface area contributed by atoms with E-state index in [-0.39, 0.29) is 18.9 Å². The van der Waals surface area contributed by atoms with Gasteiger partial charge in [0.25, 0.3) is 5.79 Å². The fourth-order valence-corrected chi connectivity index (χ4v) is 12.5. The van der Waals surface area contributed by atoms with E-state index in [4.69, 9.17) is 28.4 Å². The number of aliphatic hydroxyl groups excluding tert-OH is 11. The quantitative estimate of drug-likeness (QED) is 0.0219. The molecule has 3 rings (SSSR count). The van der Waals surface area contributed by atoms with E-state index >= 15 is 0 Å². The van der Waals surface area contributed by atoms with E-state index in [0.717, 1.165) is 77.6 Å². The molecule has 0 saturated carbocycles. The minimum atomic E-state index is -3.08. The largest absolute Gasteiger partial charge is 0.477 e. The second-order valence-electron chi connectivity index (χ2n) is 26.1. The van der Waals surface area contributed by atoms with Gasteiger partial charge < -0.3 is 100 Å². The van der Waals surface area contributed by atoms with Gasteiger partial charge >= 0.3 is 5.97 Å². The summed E-state index contributed by atoms with van der Waals surface area (Å²) in [5, 5.41) is 136. The van der Waals surface area contributed by atoms with Crippen molar-refractivity contribution in [2.75, 3.05) is 26.4 Å². The van der Waals surface area contributed by atoms with Crippen LogP contribution in [0, 0.1) is 0 Å². The third kappa shape index (κ3) is 31.6. The Morgan fingerprint density at radius 3 is 1.52 bits per heavy atom. The third-order valence-electron chi connectivity index (χ3n) is 18.2. The summed E-state index contributed by atoms with van der Waals surface area (Å²) < 4.78 is 34.9. The number of allylic oxidation sites excluding steroid dienone is 4. The lowest BCUT2D eigenvalue weighted by molar-refractivity contribution is -0.386. The lowest BCUT2D eigenvalue weighted by Crippen LogP contribution is -2.70. The molecule has 0 aliphatic carbocycles. The number of hydrogen-bond acceptors (Lipinski definition) is 20. The zero-order valence-electron chi connectivity index (χ0n) is 56.2. The van der Waals surface area contributed by atoms with Gasteiger partial charge in [-0.25, -0.2) is 4.79 Å². The Bertz CT molecular complexity index is 1960. The van der Waals surface area contributed by atoms with Crippen LogP contribution in [0.25, 0.3) is 0 Å². The number of carbonyl (C=O) groups is 3. The molecule has 92 heavy (non-hydrogen) atoms. The molecule has 23 heteroatoms. The number of carboxylic acid groups (broad SMARTS) is 1. The summed E-state index contributed by atoms with van der Waals surface area (Å²) >= 11 is 0. The molecule has 14 N–H and O–H groups in total. The Hall–Kier alpha value is -2.79. The van der Waals surface area contributed by atoms with E-state index in [1.165, 1.54) is 135 Å². The highest BCUT2D eigenvalue weighted by Crippen LogP contribution is 2.39. The number of rotatable bonds is 54. The third-order valence-corrected chi connectivity index (χ3v) is 18.2. The minimum Gasteiger partial charge on any atom is -0.477 e. The fraction of sp³-hybridized carbons (Fsp3) is 0.899. The summed E-state index contributed by atoms with van der Waals surface area (Å²) in [6, 6.07) is -2.54. The van der Waals surface area contributed by atoms with Crippen molar-refractivity contribution < 1.29 is 104 Å². The molecule has 18 atom stereocenters. The summed E-state index contributed by atoms with van der Waals surface area (Å²) in [6.07, 6.45) is 20.4. The first-order valence-electron chi connectivity index (χ1n) is 35.7. The number of hydrogen-bond donors (Lipinski definition) is 14. The molecular formula is C69H126N2O21. The second-order valence-corrected chi connectivity index (χ2v) is 26.1. The molecule has 3 heterocycles. The molecular weight excluding hydrogens is 1190 g/mol. The Labute approximate surface area is 549 Å². The molecule has 0 bridgehead atoms. The molecule has 538 valence electrons. The smallest absolute Gasteiger partial charge is 0.364 e. The van der Waals surface area contributed by atoms with Crippen molar-refractivity contribution in [2.45, 2.75) is 368 Å². The predicted octanol–water partition coefficient (Wildman–Crippen LogP) is 6.84. The van der Waals surface area contributed by atoms with Gasteiger partial charge in [-0.2, -0.15) is 0 Å². The lowest BCUT2D eigenvalue weighted by atomic mass is 9.88. The van der Waals surface area contributed by atoms with Gasteiger partial charge in [0.2, 0.25) is 11.8 Å². The predicted molar refractivity (Wildman–Crippen MR) is 348 cm³/mol. The van der Waals surface area contributed by atoms with Gasteiger partial charge in [-0.1, -0.05) is 224 Å². The van der Waals surface area contributed by atoms with Crippen molar-refractivity contribution in [3.63, 3.8) is 0 Å². The number of aliphatic hydroxyl groups is 11. The maximum Gasteiger partial charge on any atom is 0.364 e. The molecule has 3 fully saturated rings. The Kier molecular flexibility index (Phi) is 45.1. The fourth-order valence-electron chi connectivity index (χ4n) is 12.5. The standard InChI is InChI=1S/C69H126N2O21/c1-4-6-8-10-12-14-16-18-20-21-22-23-24-25-26-27-29-30-32-34-36-38-40-42-51(76)50(71-56(79)43-41-39-37-35-33-31-28-19-17-15-13-11-9-7-5-2)48-87-66-61(83)60(82)63(55(47-74)89-66)90-67-62(84)65(59(81)54(46-73)88-67)92-69(68(85)86)44-52(77)57(70-49(3)75)64(91-69)58(80)53(78)45-72/h13,15,17,19,50-55,57-67,72-74,76-78,80-84H,4-12,14,16,18,20-48H2,1-3H3,(H,70,75)(H,71,79)(H,85,86)/b15-13-,19-17-. The van der Waals surface area contributed by atoms with Gasteiger partial charge in [-0.15, -0.1) is 0 Å². The van der Waals surface area contributed by atoms with Crippen molar-refractivity contribution in [3.05, 3.63) is 24.3 Å². The van der Waals surface area contributed by atoms with Crippen LogP contribution >= 0.6 is 0 Å². The van der Waals surface area contributed by atoms with Crippen LogP contribution in [0.4, 0.5) is 0 Å². The number of unbranched alkanes of at least 4 members (excludes halogenated alkanes) is 31. The number of aliphatic carboxylic acids is 1. The van der Waals surface area contributed by atoms with Crippen LogP contribution in [0.2, 0.25) is 0 Å². The Morgan fingerprint density at radius 1 is 0.565 bits per heavy atom. The number of carbonyl (C=O) groups excluding carboxylic acids is 2. The van der Waals surface area contributed by atoms with Gasteiger partial charge in [-0.3, -0.25) is 9.59 Å². The van der Waals surface area contributed by atoms with Crippen LogP contribution in [0.3, 0.4) is 0 Å². The van der Waals surface area contributed by atoms with E-state index in [1.54, 1.807) is 0 Å². The molecule has 0 aromatic rings. The summed E-state index contributed by atoms with van der Waals surface area (Å²) in [5.41, 5.74) is 0. The van der Waals surface area contributed by atoms with Crippen molar-refractivity contribution >= 4 is 17.8 Å². The van der Waals surface area contributed by atoms with E-state index in [9.17, 15) is 75.7 Å². The molecule has 3 aliphatic heterocycles. The summed E-state index contributed by atoms with van der Waals surface area (Å²) in [6.45, 7) is 2.17. The normalized spacial score (nSPS) is 28.3. The van der Waals surface area contributed by atoms with E-state index in [0.29, 0.717) is 19.3 Å². The van der Waals surface area contributed by atoms with Crippen LogP contribution in [0.15, 0.2) is 24.3 Å². The van der Waals surface area contributed by atoms with Crippen LogP contribution in [-0.2, 0) is 42.8 Å². The average molecular weight is 1320 g/mol. The maximum atomic E-state index is 13.5. The monoisotopic (exact) mass is 1320 g/mol. The first-order chi connectivity index (χ1) is 44.4. The van der Waals surface area contributed by atoms with Crippen molar-refractivity contribution in [2.24, 2.45) is 0 Å². The summed E-state index contributed by atoms with van der Waals surface area (Å²) in [7, 11) is 0. The average Bonchev–Trinajstić information content (AvgIpc) is 0.767. The molecule has 3 aliphatic rings. The van der Waals surface area contributed by atoms with E-state index < -0.39 is 148 Å². The molecule has 3 saturated heterocycles. The van der Waals surface area contributed by atoms with Gasteiger partial charge in [0.15, 0.2) is 12.6 Å². The molecule has 0 radical (unpaired) electrons. The van der Waals surface area contributed by atoms with Crippen LogP contribution in [0.1, 0.15) is 258 Å². The summed E-state index contributed by atoms with van der Waals surface area (Å²) in [5.74, 6) is -6.11. The highest BCUT2D eigenvalue weighted by molar-refractivity contribution is 5.77. The van der Waals surface area contributed by atoms with Crippen molar-refractivity contribution in [1.82, 2.24) is 10.6 Å². The molecule has 0 aromatic heterocycles. The van der Waals surface area contributed by atoms with Crippen molar-refractivity contribution in [1.29, 1.82) is 0 Å². The molecule has 2 amide bonds. The Balaban J connectivity index is 1.57. The number of ether oxygens (including phenoxy) is 6. The number of carboxylic acids is 1. The van der Waals surface area contributed by atoms with Crippen LogP contribution in [0.5, 0.6) is 0 Å². The Morgan fingerprint density at radius 2 is 1.03 bits per heavy atom.